The van der Waals surface area contributed by atoms with Crippen LogP contribution in [0.25, 0.3) is 10.6 Å². The number of aromatic carboxylic acids is 1. The minimum absolute atomic E-state index is 0.166. The highest BCUT2D eigenvalue weighted by Gasteiger charge is 2.19. The van der Waals surface area contributed by atoms with Crippen LogP contribution in [0.5, 0.6) is 17.2 Å². The molecule has 2 aromatic heterocycles. The molecule has 0 radical (unpaired) electrons. The van der Waals surface area contributed by atoms with Gasteiger partial charge in [-0.2, -0.15) is 0 Å². The van der Waals surface area contributed by atoms with Gasteiger partial charge in [-0.25, -0.2) is 14.8 Å². The largest absolute Gasteiger partial charge is 0.492 e. The van der Waals surface area contributed by atoms with Crippen LogP contribution in [-0.4, -0.2) is 47.4 Å². The van der Waals surface area contributed by atoms with Gasteiger partial charge in [0.25, 0.3) is 0 Å². The molecule has 0 bridgehead atoms. The molecule has 2 N–H and O–H groups in total. The Morgan fingerprint density at radius 2 is 2.06 bits per heavy atom. The molecule has 1 aromatic carbocycles. The van der Waals surface area contributed by atoms with Crippen molar-refractivity contribution in [3.63, 3.8) is 0 Å². The second-order valence-corrected chi connectivity index (χ2v) is 8.00. The maximum absolute atomic E-state index is 11.5. The number of rotatable bonds is 8. The third kappa shape index (κ3) is 4.72. The Bertz CT molecular complexity index is 1100. The average Bonchev–Trinajstić information content (AvgIpc) is 3.19. The highest BCUT2D eigenvalue weighted by Crippen LogP contribution is 2.36. The lowest BCUT2D eigenvalue weighted by Crippen LogP contribution is -2.16. The molecule has 0 atom stereocenters. The molecule has 3 heterocycles. The lowest BCUT2D eigenvalue weighted by atomic mass is 10.1. The normalized spacial score (nSPS) is 12.5. The average molecular weight is 442 g/mol. The van der Waals surface area contributed by atoms with E-state index in [-0.39, 0.29) is 4.88 Å². The maximum Gasteiger partial charge on any atom is 0.349 e. The summed E-state index contributed by atoms with van der Waals surface area (Å²) in [6.07, 6.45) is 2.25. The van der Waals surface area contributed by atoms with Gasteiger partial charge < -0.3 is 24.6 Å². The molecule has 162 valence electrons. The van der Waals surface area contributed by atoms with Crippen molar-refractivity contribution in [3.8, 4) is 27.8 Å². The highest BCUT2D eigenvalue weighted by atomic mass is 32.1. The van der Waals surface area contributed by atoms with E-state index >= 15 is 0 Å². The van der Waals surface area contributed by atoms with Crippen LogP contribution in [0.1, 0.15) is 27.7 Å². The summed E-state index contributed by atoms with van der Waals surface area (Å²) in [4.78, 5) is 20.9. The number of hydrogen-bond donors (Lipinski definition) is 2. The number of ether oxygens (including phenoxy) is 3. The first-order chi connectivity index (χ1) is 15.0. The monoisotopic (exact) mass is 441 g/mol. The first-order valence-corrected chi connectivity index (χ1v) is 10.8. The fraction of sp³-hybridized carbons (Fsp3) is 0.318. The summed E-state index contributed by atoms with van der Waals surface area (Å²) in [5, 5.41) is 12.7. The number of nitrogens with one attached hydrogen (secondary N) is 1. The summed E-state index contributed by atoms with van der Waals surface area (Å²) in [6.45, 7) is 6.05. The van der Waals surface area contributed by atoms with Crippen LogP contribution in [0.15, 0.2) is 30.6 Å². The Morgan fingerprint density at radius 1 is 1.23 bits per heavy atom. The molecule has 0 aliphatic carbocycles. The zero-order valence-corrected chi connectivity index (χ0v) is 18.1. The van der Waals surface area contributed by atoms with Crippen LogP contribution in [0.4, 0.5) is 5.82 Å². The van der Waals surface area contributed by atoms with E-state index in [2.05, 4.69) is 21.4 Å². The second-order valence-electron chi connectivity index (χ2n) is 6.94. The summed E-state index contributed by atoms with van der Waals surface area (Å²) < 4.78 is 16.8. The third-order valence-electron chi connectivity index (χ3n) is 4.72. The minimum Gasteiger partial charge on any atom is -0.492 e. The number of thiophene rings is 1. The molecule has 8 nitrogen and oxygen atoms in total. The SMILES string of the molecule is CCOc1cc(-c2cc(NCCc3cc(C)c4c(c3)OCCO4)ncn2)sc1C(=O)O. The lowest BCUT2D eigenvalue weighted by molar-refractivity contribution is 0.0698. The van der Waals surface area contributed by atoms with E-state index in [1.54, 1.807) is 6.07 Å². The number of carboxylic acid groups (broad SMARTS) is 1. The van der Waals surface area contributed by atoms with Gasteiger partial charge in [-0.15, -0.1) is 11.3 Å². The van der Waals surface area contributed by atoms with Crippen LogP contribution < -0.4 is 19.5 Å². The van der Waals surface area contributed by atoms with E-state index in [0.717, 1.165) is 40.4 Å². The van der Waals surface area contributed by atoms with Gasteiger partial charge in [0, 0.05) is 18.7 Å². The number of aromatic nitrogens is 2. The molecular weight excluding hydrogens is 418 g/mol. The smallest absolute Gasteiger partial charge is 0.349 e. The molecule has 0 saturated heterocycles. The molecule has 9 heteroatoms. The number of benzene rings is 1. The summed E-state index contributed by atoms with van der Waals surface area (Å²) in [5.41, 5.74) is 2.86. The van der Waals surface area contributed by atoms with Crippen molar-refractivity contribution < 1.29 is 24.1 Å². The Hall–Kier alpha value is -3.33. The summed E-state index contributed by atoms with van der Waals surface area (Å²) in [6, 6.07) is 7.64. The van der Waals surface area contributed by atoms with Crippen LogP contribution in [0.2, 0.25) is 0 Å². The molecule has 1 aliphatic rings. The number of anilines is 1. The molecule has 0 saturated carbocycles. The fourth-order valence-electron chi connectivity index (χ4n) is 3.38. The standard InChI is InChI=1S/C22H23N3O5S/c1-3-28-17-11-18(31-21(17)22(26)27)15-10-19(25-12-24-15)23-5-4-14-8-13(2)20-16(9-14)29-6-7-30-20/h8-12H,3-7H2,1-2H3,(H,26,27)(H,23,24,25). The molecule has 1 aliphatic heterocycles. The zero-order valence-electron chi connectivity index (χ0n) is 17.3. The summed E-state index contributed by atoms with van der Waals surface area (Å²) in [7, 11) is 0. The minimum atomic E-state index is -1.01. The van der Waals surface area contributed by atoms with Gasteiger partial charge in [0.05, 0.1) is 17.2 Å². The van der Waals surface area contributed by atoms with Crippen molar-refractivity contribution in [2.75, 3.05) is 31.7 Å². The van der Waals surface area contributed by atoms with Crippen molar-refractivity contribution >= 4 is 23.1 Å². The van der Waals surface area contributed by atoms with E-state index in [9.17, 15) is 9.90 Å². The van der Waals surface area contributed by atoms with Crippen molar-refractivity contribution in [3.05, 3.63) is 46.6 Å². The number of nitrogens with zero attached hydrogens (tertiary/aromatic N) is 2. The van der Waals surface area contributed by atoms with Gasteiger partial charge in [-0.1, -0.05) is 6.07 Å². The quantitative estimate of drug-likeness (QED) is 0.540. The van der Waals surface area contributed by atoms with E-state index in [1.165, 1.54) is 6.33 Å². The van der Waals surface area contributed by atoms with Crippen LogP contribution in [0, 0.1) is 6.92 Å². The highest BCUT2D eigenvalue weighted by molar-refractivity contribution is 7.17. The van der Waals surface area contributed by atoms with Gasteiger partial charge >= 0.3 is 5.97 Å². The Labute approximate surface area is 183 Å². The molecule has 0 fully saturated rings. The Kier molecular flexibility index (Phi) is 6.22. The number of fused-ring (bicyclic) bond motifs is 1. The topological polar surface area (TPSA) is 103 Å². The van der Waals surface area contributed by atoms with E-state index in [0.29, 0.717) is 48.5 Å². The van der Waals surface area contributed by atoms with Gasteiger partial charge in [0.1, 0.15) is 31.1 Å². The van der Waals surface area contributed by atoms with Gasteiger partial charge in [0.2, 0.25) is 0 Å². The van der Waals surface area contributed by atoms with Crippen molar-refractivity contribution in [1.29, 1.82) is 0 Å². The fourth-order valence-corrected chi connectivity index (χ4v) is 4.29. The molecule has 4 rings (SSSR count). The molecule has 0 spiro atoms. The Balaban J connectivity index is 1.44. The number of carbonyl (C=O) groups is 1. The zero-order chi connectivity index (χ0) is 21.8. The van der Waals surface area contributed by atoms with E-state index in [4.69, 9.17) is 14.2 Å². The lowest BCUT2D eigenvalue weighted by Gasteiger charge is -2.21. The number of hydrogen-bond acceptors (Lipinski definition) is 8. The van der Waals surface area contributed by atoms with Crippen molar-refractivity contribution in [2.45, 2.75) is 20.3 Å². The molecule has 0 amide bonds. The Morgan fingerprint density at radius 3 is 2.87 bits per heavy atom. The predicted molar refractivity (Wildman–Crippen MR) is 118 cm³/mol. The van der Waals surface area contributed by atoms with Crippen LogP contribution in [-0.2, 0) is 6.42 Å². The van der Waals surface area contributed by atoms with Gasteiger partial charge in [0.15, 0.2) is 16.4 Å². The molecular formula is C22H23N3O5S. The summed E-state index contributed by atoms with van der Waals surface area (Å²) >= 11 is 1.14. The maximum atomic E-state index is 11.5. The van der Waals surface area contributed by atoms with Crippen molar-refractivity contribution in [1.82, 2.24) is 9.97 Å². The van der Waals surface area contributed by atoms with Gasteiger partial charge in [-0.05, 0) is 37.5 Å². The van der Waals surface area contributed by atoms with Crippen LogP contribution in [0.3, 0.4) is 0 Å². The molecule has 3 aromatic rings. The first kappa shape index (κ1) is 20.9. The van der Waals surface area contributed by atoms with E-state index in [1.807, 2.05) is 26.0 Å². The van der Waals surface area contributed by atoms with E-state index < -0.39 is 5.97 Å². The van der Waals surface area contributed by atoms with Crippen molar-refractivity contribution in [2.24, 2.45) is 0 Å². The number of carboxylic acids is 1. The third-order valence-corrected chi connectivity index (χ3v) is 5.85. The first-order valence-electron chi connectivity index (χ1n) is 10.0. The van der Waals surface area contributed by atoms with Crippen LogP contribution >= 0.6 is 11.3 Å². The predicted octanol–water partition coefficient (Wildman–Crippen LogP) is 4.04. The summed E-state index contributed by atoms with van der Waals surface area (Å²) in [5.74, 6) is 1.63. The van der Waals surface area contributed by atoms with Gasteiger partial charge in [-0.3, -0.25) is 0 Å². The number of aryl methyl sites for hydroxylation is 1. The molecule has 0 unspecified atom stereocenters. The second kappa shape index (κ2) is 9.22. The molecule has 31 heavy (non-hydrogen) atoms.